The molecule has 1 amide bonds. The van der Waals surface area contributed by atoms with Crippen LogP contribution in [0.5, 0.6) is 5.75 Å². The highest BCUT2D eigenvalue weighted by Gasteiger charge is 2.32. The fourth-order valence-electron chi connectivity index (χ4n) is 2.52. The maximum absolute atomic E-state index is 12.7. The maximum atomic E-state index is 12.7. The predicted molar refractivity (Wildman–Crippen MR) is 102 cm³/mol. The first kappa shape index (κ1) is 22.0. The summed E-state index contributed by atoms with van der Waals surface area (Å²) < 4.78 is 15.9. The molecule has 0 aromatic heterocycles. The summed E-state index contributed by atoms with van der Waals surface area (Å²) in [4.78, 5) is 24.7. The normalized spacial score (nSPS) is 13.2. The number of hydrogen-bond donors (Lipinski definition) is 1. The zero-order valence-electron chi connectivity index (χ0n) is 16.7. The van der Waals surface area contributed by atoms with Gasteiger partial charge < -0.3 is 19.5 Å². The van der Waals surface area contributed by atoms with Gasteiger partial charge in [0.15, 0.2) is 0 Å². The molecule has 146 valence electrons. The van der Waals surface area contributed by atoms with E-state index in [0.29, 0.717) is 17.9 Å². The minimum absolute atomic E-state index is 0.0887. The van der Waals surface area contributed by atoms with E-state index in [9.17, 15) is 9.59 Å². The minimum Gasteiger partial charge on any atom is -0.490 e. The van der Waals surface area contributed by atoms with Crippen molar-refractivity contribution in [2.45, 2.75) is 65.1 Å². The molecule has 0 saturated heterocycles. The minimum atomic E-state index is -0.923. The van der Waals surface area contributed by atoms with Gasteiger partial charge in [-0.05, 0) is 45.4 Å². The van der Waals surface area contributed by atoms with Gasteiger partial charge in [-0.25, -0.2) is 4.79 Å². The van der Waals surface area contributed by atoms with Crippen LogP contribution in [0, 0.1) is 0 Å². The standard InChI is InChI=1S/C20H31NO5/c1-7-8-9-12-20(4,25-6)19(23)21-15-10-11-17(26-14(2)3)16(13-15)18(22)24-5/h10-11,13-14H,7-9,12H2,1-6H3,(H,21,23). The molecule has 1 aromatic carbocycles. The third-order valence-electron chi connectivity index (χ3n) is 4.19. The van der Waals surface area contributed by atoms with Crippen molar-refractivity contribution < 1.29 is 23.8 Å². The molecule has 6 nitrogen and oxygen atoms in total. The van der Waals surface area contributed by atoms with Crippen molar-refractivity contribution in [1.29, 1.82) is 0 Å². The molecular weight excluding hydrogens is 334 g/mol. The van der Waals surface area contributed by atoms with Gasteiger partial charge in [-0.2, -0.15) is 0 Å². The Hall–Kier alpha value is -2.08. The SMILES string of the molecule is CCCCCC(C)(OC)C(=O)Nc1ccc(OC(C)C)c(C(=O)OC)c1. The predicted octanol–water partition coefficient (Wildman–Crippen LogP) is 4.18. The molecule has 0 fully saturated rings. The van der Waals surface area contributed by atoms with E-state index in [-0.39, 0.29) is 17.6 Å². The lowest BCUT2D eigenvalue weighted by Gasteiger charge is -2.27. The van der Waals surface area contributed by atoms with Crippen LogP contribution in [0.2, 0.25) is 0 Å². The van der Waals surface area contributed by atoms with Gasteiger partial charge in [-0.3, -0.25) is 4.79 Å². The molecule has 0 saturated carbocycles. The molecule has 1 atom stereocenters. The van der Waals surface area contributed by atoms with Crippen LogP contribution in [0.4, 0.5) is 5.69 Å². The molecule has 26 heavy (non-hydrogen) atoms. The first-order valence-corrected chi connectivity index (χ1v) is 9.03. The van der Waals surface area contributed by atoms with Crippen LogP contribution < -0.4 is 10.1 Å². The van der Waals surface area contributed by atoms with Crippen LogP contribution in [-0.4, -0.2) is 37.8 Å². The van der Waals surface area contributed by atoms with Crippen LogP contribution in [-0.2, 0) is 14.3 Å². The maximum Gasteiger partial charge on any atom is 0.341 e. The average Bonchev–Trinajstić information content (AvgIpc) is 2.61. The molecule has 0 radical (unpaired) electrons. The lowest BCUT2D eigenvalue weighted by atomic mass is 9.96. The fraction of sp³-hybridized carbons (Fsp3) is 0.600. The van der Waals surface area contributed by atoms with Crippen molar-refractivity contribution in [3.8, 4) is 5.75 Å². The topological polar surface area (TPSA) is 73.9 Å². The van der Waals surface area contributed by atoms with Gasteiger partial charge in [0, 0.05) is 12.8 Å². The molecular formula is C20H31NO5. The number of anilines is 1. The number of unbranched alkanes of at least 4 members (excludes halogenated alkanes) is 2. The van der Waals surface area contributed by atoms with Crippen molar-refractivity contribution >= 4 is 17.6 Å². The van der Waals surface area contributed by atoms with Gasteiger partial charge in [0.05, 0.1) is 13.2 Å². The zero-order valence-corrected chi connectivity index (χ0v) is 16.7. The number of esters is 1. The van der Waals surface area contributed by atoms with Gasteiger partial charge in [0.2, 0.25) is 0 Å². The van der Waals surface area contributed by atoms with E-state index < -0.39 is 11.6 Å². The van der Waals surface area contributed by atoms with E-state index in [1.807, 2.05) is 13.8 Å². The first-order valence-electron chi connectivity index (χ1n) is 9.03. The van der Waals surface area contributed by atoms with E-state index in [4.69, 9.17) is 14.2 Å². The largest absolute Gasteiger partial charge is 0.490 e. The quantitative estimate of drug-likeness (QED) is 0.497. The Morgan fingerprint density at radius 1 is 1.19 bits per heavy atom. The Morgan fingerprint density at radius 3 is 2.42 bits per heavy atom. The summed E-state index contributed by atoms with van der Waals surface area (Å²) in [6.45, 7) is 7.63. The number of hydrogen-bond acceptors (Lipinski definition) is 5. The number of ether oxygens (including phenoxy) is 3. The molecule has 1 rings (SSSR count). The third kappa shape index (κ3) is 6.02. The number of amides is 1. The molecule has 1 unspecified atom stereocenters. The highest BCUT2D eigenvalue weighted by molar-refractivity contribution is 5.99. The number of rotatable bonds is 10. The van der Waals surface area contributed by atoms with Crippen molar-refractivity contribution in [3.05, 3.63) is 23.8 Å². The average molecular weight is 365 g/mol. The van der Waals surface area contributed by atoms with Gasteiger partial charge in [-0.15, -0.1) is 0 Å². The highest BCUT2D eigenvalue weighted by atomic mass is 16.5. The molecule has 0 aliphatic carbocycles. The monoisotopic (exact) mass is 365 g/mol. The Balaban J connectivity index is 3.00. The number of methoxy groups -OCH3 is 2. The summed E-state index contributed by atoms with van der Waals surface area (Å²) in [6, 6.07) is 4.91. The summed E-state index contributed by atoms with van der Waals surface area (Å²) in [7, 11) is 2.84. The fourth-order valence-corrected chi connectivity index (χ4v) is 2.52. The van der Waals surface area contributed by atoms with E-state index >= 15 is 0 Å². The Labute approximate surface area is 156 Å². The molecule has 0 spiro atoms. The van der Waals surface area contributed by atoms with Gasteiger partial charge in [0.1, 0.15) is 16.9 Å². The van der Waals surface area contributed by atoms with Gasteiger partial charge >= 0.3 is 5.97 Å². The summed E-state index contributed by atoms with van der Waals surface area (Å²) in [5.74, 6) is -0.346. The van der Waals surface area contributed by atoms with Crippen LogP contribution in [0.25, 0.3) is 0 Å². The van der Waals surface area contributed by atoms with E-state index in [1.54, 1.807) is 25.1 Å². The van der Waals surface area contributed by atoms with Crippen LogP contribution >= 0.6 is 0 Å². The Bertz CT molecular complexity index is 614. The van der Waals surface area contributed by atoms with E-state index in [2.05, 4.69) is 12.2 Å². The Kier molecular flexibility index (Phi) is 8.58. The van der Waals surface area contributed by atoms with Crippen molar-refractivity contribution in [1.82, 2.24) is 0 Å². The molecule has 0 bridgehead atoms. The van der Waals surface area contributed by atoms with Crippen molar-refractivity contribution in [3.63, 3.8) is 0 Å². The van der Waals surface area contributed by atoms with Crippen LogP contribution in [0.3, 0.4) is 0 Å². The lowest BCUT2D eigenvalue weighted by Crippen LogP contribution is -2.42. The summed E-state index contributed by atoms with van der Waals surface area (Å²) >= 11 is 0. The zero-order chi connectivity index (χ0) is 19.7. The van der Waals surface area contributed by atoms with E-state index in [0.717, 1.165) is 19.3 Å². The molecule has 0 aliphatic heterocycles. The second-order valence-corrected chi connectivity index (χ2v) is 6.72. The summed E-state index contributed by atoms with van der Waals surface area (Å²) in [5.41, 5.74) is -0.164. The second kappa shape index (κ2) is 10.2. The summed E-state index contributed by atoms with van der Waals surface area (Å²) in [6.07, 6.45) is 3.56. The molecule has 1 aromatic rings. The van der Waals surface area contributed by atoms with Gasteiger partial charge in [-0.1, -0.05) is 26.2 Å². The summed E-state index contributed by atoms with van der Waals surface area (Å²) in [5, 5.41) is 2.83. The number of benzene rings is 1. The first-order chi connectivity index (χ1) is 12.3. The van der Waals surface area contributed by atoms with Crippen molar-refractivity contribution in [2.24, 2.45) is 0 Å². The van der Waals surface area contributed by atoms with Crippen molar-refractivity contribution in [2.75, 3.05) is 19.5 Å². The Morgan fingerprint density at radius 2 is 1.88 bits per heavy atom. The molecule has 0 heterocycles. The van der Waals surface area contributed by atoms with Gasteiger partial charge in [0.25, 0.3) is 5.91 Å². The lowest BCUT2D eigenvalue weighted by molar-refractivity contribution is -0.136. The van der Waals surface area contributed by atoms with Crippen LogP contribution in [0.15, 0.2) is 18.2 Å². The number of nitrogens with one attached hydrogen (secondary N) is 1. The molecule has 6 heteroatoms. The highest BCUT2D eigenvalue weighted by Crippen LogP contribution is 2.27. The smallest absolute Gasteiger partial charge is 0.341 e. The molecule has 1 N–H and O–H groups in total. The number of carbonyl (C=O) groups is 2. The van der Waals surface area contributed by atoms with Crippen LogP contribution in [0.1, 0.15) is 63.7 Å². The molecule has 0 aliphatic rings. The number of carbonyl (C=O) groups excluding carboxylic acids is 2. The van der Waals surface area contributed by atoms with E-state index in [1.165, 1.54) is 14.2 Å². The third-order valence-corrected chi connectivity index (χ3v) is 4.19. The second-order valence-electron chi connectivity index (χ2n) is 6.72.